The van der Waals surface area contributed by atoms with Gasteiger partial charge in [-0.3, -0.25) is 4.79 Å². The minimum absolute atomic E-state index is 0.201. The predicted octanol–water partition coefficient (Wildman–Crippen LogP) is 2.35. The van der Waals surface area contributed by atoms with Crippen LogP contribution in [-0.2, 0) is 4.74 Å². The van der Waals surface area contributed by atoms with Gasteiger partial charge >= 0.3 is 6.09 Å². The molecule has 1 atom stereocenters. The molecular formula is C14H18ClN3O3. The smallest absolute Gasteiger partial charge is 0.407 e. The van der Waals surface area contributed by atoms with E-state index in [-0.39, 0.29) is 12.5 Å². The van der Waals surface area contributed by atoms with Crippen molar-refractivity contribution < 1.29 is 14.3 Å². The summed E-state index contributed by atoms with van der Waals surface area (Å²) in [7, 11) is 0. The molecule has 0 saturated carbocycles. The number of carbonyl (C=O) groups is 2. The molecule has 0 spiro atoms. The first kappa shape index (κ1) is 15.4. The van der Waals surface area contributed by atoms with Crippen LogP contribution in [0.3, 0.4) is 0 Å². The van der Waals surface area contributed by atoms with E-state index in [0.717, 1.165) is 0 Å². The molecule has 0 radical (unpaired) electrons. The van der Waals surface area contributed by atoms with Gasteiger partial charge in [0.15, 0.2) is 0 Å². The van der Waals surface area contributed by atoms with Gasteiger partial charge in [0, 0.05) is 0 Å². The fraction of sp³-hybridized carbons (Fsp3) is 0.429. The van der Waals surface area contributed by atoms with Gasteiger partial charge in [-0.2, -0.15) is 0 Å². The molecule has 21 heavy (non-hydrogen) atoms. The predicted molar refractivity (Wildman–Crippen MR) is 80.6 cm³/mol. The third kappa shape index (κ3) is 4.01. The van der Waals surface area contributed by atoms with Crippen LogP contribution in [0.2, 0.25) is 5.02 Å². The second-order valence-electron chi connectivity index (χ2n) is 5.72. The van der Waals surface area contributed by atoms with Gasteiger partial charge in [-0.25, -0.2) is 4.79 Å². The first-order valence-electron chi connectivity index (χ1n) is 6.59. The van der Waals surface area contributed by atoms with Crippen molar-refractivity contribution in [3.05, 3.63) is 28.8 Å². The average molecular weight is 312 g/mol. The van der Waals surface area contributed by atoms with Crippen LogP contribution >= 0.6 is 11.6 Å². The van der Waals surface area contributed by atoms with Crippen LogP contribution in [0.25, 0.3) is 0 Å². The molecule has 0 fully saturated rings. The maximum absolute atomic E-state index is 12.0. The van der Waals surface area contributed by atoms with E-state index in [2.05, 4.69) is 16.0 Å². The Hall–Kier alpha value is -1.95. The van der Waals surface area contributed by atoms with Crippen molar-refractivity contribution >= 4 is 29.3 Å². The fourth-order valence-corrected chi connectivity index (χ4v) is 2.19. The van der Waals surface area contributed by atoms with E-state index in [1.165, 1.54) is 0 Å². The maximum Gasteiger partial charge on any atom is 0.407 e. The van der Waals surface area contributed by atoms with Gasteiger partial charge in [-0.1, -0.05) is 17.7 Å². The molecule has 1 aromatic rings. The largest absolute Gasteiger partial charge is 0.444 e. The number of nitrogens with one attached hydrogen (secondary N) is 3. The summed E-state index contributed by atoms with van der Waals surface area (Å²) in [4.78, 5) is 23.6. The zero-order valence-corrected chi connectivity index (χ0v) is 12.9. The Morgan fingerprint density at radius 2 is 2.10 bits per heavy atom. The van der Waals surface area contributed by atoms with Gasteiger partial charge < -0.3 is 20.7 Å². The van der Waals surface area contributed by atoms with Crippen molar-refractivity contribution in [2.75, 3.05) is 11.9 Å². The number of alkyl carbamates (subject to hydrolysis) is 1. The Bertz CT molecular complexity index is 569. The second kappa shape index (κ2) is 5.81. The molecule has 1 aliphatic heterocycles. The van der Waals surface area contributed by atoms with Gasteiger partial charge in [0.25, 0.3) is 5.91 Å². The average Bonchev–Trinajstić information content (AvgIpc) is 2.34. The number of ether oxygens (including phenoxy) is 1. The molecule has 1 aromatic carbocycles. The fourth-order valence-electron chi connectivity index (χ4n) is 1.93. The SMILES string of the molecule is CC(C)(C)OC(=O)NCC1NC(=O)c2c(Cl)cccc2N1. The number of halogens is 1. The molecule has 1 heterocycles. The highest BCUT2D eigenvalue weighted by Crippen LogP contribution is 2.27. The number of fused-ring (bicyclic) bond motifs is 1. The highest BCUT2D eigenvalue weighted by Gasteiger charge is 2.26. The maximum atomic E-state index is 12.0. The van der Waals surface area contributed by atoms with Crippen LogP contribution in [0, 0.1) is 0 Å². The summed E-state index contributed by atoms with van der Waals surface area (Å²) in [6.45, 7) is 5.55. The number of anilines is 1. The van der Waals surface area contributed by atoms with Crippen molar-refractivity contribution in [1.82, 2.24) is 10.6 Å². The summed E-state index contributed by atoms with van der Waals surface area (Å²) in [6.07, 6.45) is -0.952. The summed E-state index contributed by atoms with van der Waals surface area (Å²) in [5, 5.41) is 8.82. The van der Waals surface area contributed by atoms with Crippen molar-refractivity contribution in [3.63, 3.8) is 0 Å². The Morgan fingerprint density at radius 1 is 1.38 bits per heavy atom. The molecule has 2 rings (SSSR count). The third-order valence-corrected chi connectivity index (χ3v) is 3.04. The summed E-state index contributed by atoms with van der Waals surface area (Å²) in [6, 6.07) is 5.17. The molecule has 114 valence electrons. The number of hydrogen-bond acceptors (Lipinski definition) is 4. The third-order valence-electron chi connectivity index (χ3n) is 2.73. The van der Waals surface area contributed by atoms with Gasteiger partial charge in [-0.15, -0.1) is 0 Å². The van der Waals surface area contributed by atoms with Crippen LogP contribution in [0.4, 0.5) is 10.5 Å². The van der Waals surface area contributed by atoms with E-state index in [1.807, 2.05) is 0 Å². The van der Waals surface area contributed by atoms with Crippen LogP contribution in [0.1, 0.15) is 31.1 Å². The molecule has 0 saturated heterocycles. The molecule has 1 aliphatic rings. The lowest BCUT2D eigenvalue weighted by atomic mass is 10.1. The first-order valence-corrected chi connectivity index (χ1v) is 6.97. The van der Waals surface area contributed by atoms with Gasteiger partial charge in [0.2, 0.25) is 0 Å². The van der Waals surface area contributed by atoms with Gasteiger partial charge in [-0.05, 0) is 32.9 Å². The van der Waals surface area contributed by atoms with Crippen molar-refractivity contribution in [2.24, 2.45) is 0 Å². The number of carbonyl (C=O) groups excluding carboxylic acids is 2. The highest BCUT2D eigenvalue weighted by molar-refractivity contribution is 6.34. The summed E-state index contributed by atoms with van der Waals surface area (Å²) < 4.78 is 5.13. The van der Waals surface area contributed by atoms with Crippen molar-refractivity contribution in [2.45, 2.75) is 32.5 Å². The number of rotatable bonds is 2. The minimum Gasteiger partial charge on any atom is -0.444 e. The number of amides is 2. The summed E-state index contributed by atoms with van der Waals surface area (Å²) >= 11 is 5.99. The summed E-state index contributed by atoms with van der Waals surface area (Å²) in [5.74, 6) is -0.273. The first-order chi connectivity index (χ1) is 9.76. The van der Waals surface area contributed by atoms with Crippen molar-refractivity contribution in [3.8, 4) is 0 Å². The van der Waals surface area contributed by atoms with Gasteiger partial charge in [0.05, 0.1) is 22.8 Å². The van der Waals surface area contributed by atoms with E-state index in [4.69, 9.17) is 16.3 Å². The van der Waals surface area contributed by atoms with Crippen LogP contribution in [0.5, 0.6) is 0 Å². The molecule has 2 amide bonds. The molecule has 7 heteroatoms. The Kier molecular flexibility index (Phi) is 4.27. The lowest BCUT2D eigenvalue weighted by molar-refractivity contribution is 0.0521. The quantitative estimate of drug-likeness (QED) is 0.783. The zero-order valence-electron chi connectivity index (χ0n) is 12.1. The molecule has 6 nitrogen and oxygen atoms in total. The lowest BCUT2D eigenvalue weighted by Crippen LogP contribution is -2.51. The second-order valence-corrected chi connectivity index (χ2v) is 6.12. The van der Waals surface area contributed by atoms with Gasteiger partial charge in [0.1, 0.15) is 11.8 Å². The van der Waals surface area contributed by atoms with Crippen LogP contribution in [-0.4, -0.2) is 30.3 Å². The Balaban J connectivity index is 1.96. The van der Waals surface area contributed by atoms with Crippen LogP contribution < -0.4 is 16.0 Å². The molecule has 0 bridgehead atoms. The normalized spacial score (nSPS) is 17.3. The molecular weight excluding hydrogens is 294 g/mol. The minimum atomic E-state index is -0.562. The van der Waals surface area contributed by atoms with E-state index in [9.17, 15) is 9.59 Å². The monoisotopic (exact) mass is 311 g/mol. The van der Waals surface area contributed by atoms with Crippen molar-refractivity contribution in [1.29, 1.82) is 0 Å². The summed E-state index contributed by atoms with van der Waals surface area (Å²) in [5.41, 5.74) is 0.489. The molecule has 0 aromatic heterocycles. The van der Waals surface area contributed by atoms with E-state index in [1.54, 1.807) is 39.0 Å². The topological polar surface area (TPSA) is 79.5 Å². The molecule has 3 N–H and O–H groups in total. The van der Waals surface area contributed by atoms with E-state index >= 15 is 0 Å². The Labute approximate surface area is 128 Å². The number of benzene rings is 1. The number of hydrogen-bond donors (Lipinski definition) is 3. The highest BCUT2D eigenvalue weighted by atomic mass is 35.5. The lowest BCUT2D eigenvalue weighted by Gasteiger charge is -2.29. The standard InChI is InChI=1S/C14H18ClN3O3/c1-14(2,3)21-13(20)16-7-10-17-9-6-4-5-8(15)11(9)12(19)18-10/h4-6,10,17H,7H2,1-3H3,(H,16,20)(H,18,19). The van der Waals surface area contributed by atoms with E-state index < -0.39 is 17.9 Å². The van der Waals surface area contributed by atoms with Crippen LogP contribution in [0.15, 0.2) is 18.2 Å². The van der Waals surface area contributed by atoms with E-state index in [0.29, 0.717) is 16.3 Å². The zero-order chi connectivity index (χ0) is 15.6. The molecule has 0 aliphatic carbocycles. The Morgan fingerprint density at radius 3 is 2.76 bits per heavy atom. The molecule has 1 unspecified atom stereocenters.